The lowest BCUT2D eigenvalue weighted by molar-refractivity contribution is 0.0935. The van der Waals surface area contributed by atoms with Gasteiger partial charge >= 0.3 is 0 Å². The Labute approximate surface area is 99.3 Å². The highest BCUT2D eigenvalue weighted by Crippen LogP contribution is 2.41. The lowest BCUT2D eigenvalue weighted by Crippen LogP contribution is -2.46. The average molecular weight is 237 g/mol. The van der Waals surface area contributed by atoms with Gasteiger partial charge in [0.25, 0.3) is 0 Å². The van der Waals surface area contributed by atoms with Gasteiger partial charge in [-0.1, -0.05) is 0 Å². The molecule has 0 radical (unpaired) electrons. The van der Waals surface area contributed by atoms with E-state index in [0.717, 1.165) is 12.3 Å². The molecule has 2 unspecified atom stereocenters. The van der Waals surface area contributed by atoms with Crippen molar-refractivity contribution in [3.63, 3.8) is 0 Å². The predicted octanol–water partition coefficient (Wildman–Crippen LogP) is 0.379. The second-order valence-corrected chi connectivity index (χ2v) is 4.87. The predicted molar refractivity (Wildman–Crippen MR) is 60.5 cm³/mol. The van der Waals surface area contributed by atoms with Gasteiger partial charge in [0.2, 0.25) is 0 Å². The summed E-state index contributed by atoms with van der Waals surface area (Å²) in [5.41, 5.74) is 0.342. The fourth-order valence-corrected chi connectivity index (χ4v) is 2.49. The maximum absolute atomic E-state index is 13.3. The Morgan fingerprint density at radius 3 is 3.18 bits per heavy atom. The van der Waals surface area contributed by atoms with Gasteiger partial charge in [-0.3, -0.25) is 10.3 Å². The van der Waals surface area contributed by atoms with Crippen LogP contribution in [0.15, 0.2) is 18.3 Å². The summed E-state index contributed by atoms with van der Waals surface area (Å²) in [6, 6.07) is 3.62. The van der Waals surface area contributed by atoms with E-state index in [4.69, 9.17) is 0 Å². The van der Waals surface area contributed by atoms with Gasteiger partial charge in [0.15, 0.2) is 0 Å². The molecule has 1 saturated heterocycles. The first-order chi connectivity index (χ1) is 8.24. The van der Waals surface area contributed by atoms with Gasteiger partial charge in [0.1, 0.15) is 12.0 Å². The highest BCUT2D eigenvalue weighted by Gasteiger charge is 2.47. The van der Waals surface area contributed by atoms with Crippen molar-refractivity contribution in [2.24, 2.45) is 5.92 Å². The van der Waals surface area contributed by atoms with Crippen LogP contribution < -0.4 is 10.6 Å². The minimum Gasteiger partial charge on any atom is -0.377 e. The van der Waals surface area contributed by atoms with Crippen molar-refractivity contribution in [2.75, 3.05) is 0 Å². The van der Waals surface area contributed by atoms with Gasteiger partial charge < -0.3 is 10.4 Å². The van der Waals surface area contributed by atoms with Crippen LogP contribution in [0.25, 0.3) is 0 Å². The smallest absolute Gasteiger partial charge is 0.146 e. The molecule has 1 aliphatic carbocycles. The Morgan fingerprint density at radius 2 is 2.47 bits per heavy atom. The van der Waals surface area contributed by atoms with Gasteiger partial charge in [-0.15, -0.1) is 0 Å². The van der Waals surface area contributed by atoms with Gasteiger partial charge in [-0.05, 0) is 30.9 Å². The zero-order chi connectivity index (χ0) is 11.8. The zero-order valence-electron chi connectivity index (χ0n) is 9.44. The Kier molecular flexibility index (Phi) is 2.82. The first-order valence-corrected chi connectivity index (χ1v) is 6.01. The van der Waals surface area contributed by atoms with E-state index in [0.29, 0.717) is 11.7 Å². The standard InChI is InChI=1S/C12H16FN3O/c13-8-2-1-3-14-11(8)6-15-12(17)10-5-7-4-9(7)16-10/h1-3,7,9-10,12,15-17H,4-6H2/t7?,9-,10+,12?/m1/s1. The van der Waals surface area contributed by atoms with E-state index in [9.17, 15) is 9.50 Å². The van der Waals surface area contributed by atoms with Crippen molar-refractivity contribution < 1.29 is 9.50 Å². The first-order valence-electron chi connectivity index (χ1n) is 6.01. The van der Waals surface area contributed by atoms with Crippen LogP contribution in [0.5, 0.6) is 0 Å². The molecule has 1 aromatic heterocycles. The molecule has 4 nitrogen and oxygen atoms in total. The summed E-state index contributed by atoms with van der Waals surface area (Å²) in [6.07, 6.45) is 3.15. The highest BCUT2D eigenvalue weighted by atomic mass is 19.1. The van der Waals surface area contributed by atoms with Crippen LogP contribution in [0.1, 0.15) is 18.5 Å². The van der Waals surface area contributed by atoms with Gasteiger partial charge in [-0.2, -0.15) is 0 Å². The molecule has 5 heteroatoms. The number of fused-ring (bicyclic) bond motifs is 1. The van der Waals surface area contributed by atoms with E-state index in [-0.39, 0.29) is 18.4 Å². The van der Waals surface area contributed by atoms with E-state index in [1.807, 2.05) is 0 Å². The molecule has 2 fully saturated rings. The van der Waals surface area contributed by atoms with Crippen molar-refractivity contribution >= 4 is 0 Å². The molecular formula is C12H16FN3O. The second kappa shape index (κ2) is 4.33. The maximum atomic E-state index is 13.3. The number of halogens is 1. The molecule has 2 heterocycles. The molecule has 4 atom stereocenters. The summed E-state index contributed by atoms with van der Waals surface area (Å²) in [7, 11) is 0. The number of aromatic nitrogens is 1. The van der Waals surface area contributed by atoms with Crippen molar-refractivity contribution in [3.05, 3.63) is 29.8 Å². The average Bonchev–Trinajstić information content (AvgIpc) is 2.95. The normalized spacial score (nSPS) is 32.2. The number of piperidine rings is 1. The van der Waals surface area contributed by atoms with Crippen LogP contribution in [0.3, 0.4) is 0 Å². The third-order valence-corrected chi connectivity index (χ3v) is 3.60. The Balaban J connectivity index is 1.52. The number of rotatable bonds is 4. The number of pyridine rings is 1. The van der Waals surface area contributed by atoms with Crippen molar-refractivity contribution in [1.82, 2.24) is 15.6 Å². The van der Waals surface area contributed by atoms with Gasteiger partial charge in [0, 0.05) is 24.8 Å². The summed E-state index contributed by atoms with van der Waals surface area (Å²) in [5, 5.41) is 16.2. The summed E-state index contributed by atoms with van der Waals surface area (Å²) < 4.78 is 13.3. The Bertz CT molecular complexity index is 404. The third-order valence-electron chi connectivity index (χ3n) is 3.60. The van der Waals surface area contributed by atoms with Crippen LogP contribution in [0, 0.1) is 11.7 Å². The summed E-state index contributed by atoms with van der Waals surface area (Å²) >= 11 is 0. The SMILES string of the molecule is OC(NCc1ncccc1F)[C@@H]1CC2C[C@H]2N1. The third kappa shape index (κ3) is 2.31. The van der Waals surface area contributed by atoms with E-state index in [1.165, 1.54) is 12.5 Å². The van der Waals surface area contributed by atoms with Crippen LogP contribution >= 0.6 is 0 Å². The minimum absolute atomic E-state index is 0.0884. The molecule has 3 rings (SSSR count). The minimum atomic E-state index is -0.635. The number of nitrogens with zero attached hydrogens (tertiary/aromatic N) is 1. The maximum Gasteiger partial charge on any atom is 0.146 e. The van der Waals surface area contributed by atoms with Crippen LogP contribution in [0.4, 0.5) is 4.39 Å². The van der Waals surface area contributed by atoms with Crippen molar-refractivity contribution in [1.29, 1.82) is 0 Å². The summed E-state index contributed by atoms with van der Waals surface area (Å²) in [5.74, 6) is 0.400. The van der Waals surface area contributed by atoms with Gasteiger partial charge in [-0.25, -0.2) is 4.39 Å². The monoisotopic (exact) mass is 237 g/mol. The fraction of sp³-hybridized carbons (Fsp3) is 0.583. The zero-order valence-corrected chi connectivity index (χ0v) is 9.44. The van der Waals surface area contributed by atoms with E-state index in [2.05, 4.69) is 15.6 Å². The second-order valence-electron chi connectivity index (χ2n) is 4.87. The number of aliphatic hydroxyl groups excluding tert-OH is 1. The molecule has 2 aliphatic rings. The first kappa shape index (κ1) is 11.1. The number of hydrogen-bond acceptors (Lipinski definition) is 4. The van der Waals surface area contributed by atoms with Crippen LogP contribution in [-0.4, -0.2) is 28.4 Å². The van der Waals surface area contributed by atoms with Crippen LogP contribution in [0.2, 0.25) is 0 Å². The number of aliphatic hydroxyl groups is 1. The molecule has 1 saturated carbocycles. The number of hydrogen-bond donors (Lipinski definition) is 3. The van der Waals surface area contributed by atoms with E-state index >= 15 is 0 Å². The molecule has 0 aromatic carbocycles. The van der Waals surface area contributed by atoms with Crippen molar-refractivity contribution in [2.45, 2.75) is 37.7 Å². The molecular weight excluding hydrogens is 221 g/mol. The Hall–Kier alpha value is -1.04. The quantitative estimate of drug-likeness (QED) is 0.663. The Morgan fingerprint density at radius 1 is 1.59 bits per heavy atom. The van der Waals surface area contributed by atoms with Gasteiger partial charge in [0.05, 0.1) is 5.69 Å². The molecule has 0 bridgehead atoms. The molecule has 92 valence electrons. The fourth-order valence-electron chi connectivity index (χ4n) is 2.49. The van der Waals surface area contributed by atoms with E-state index < -0.39 is 6.23 Å². The molecule has 1 aliphatic heterocycles. The molecule has 1 aromatic rings. The molecule has 0 amide bonds. The molecule has 0 spiro atoms. The van der Waals surface area contributed by atoms with Crippen LogP contribution in [-0.2, 0) is 6.54 Å². The summed E-state index contributed by atoms with van der Waals surface area (Å²) in [4.78, 5) is 3.93. The lowest BCUT2D eigenvalue weighted by Gasteiger charge is -2.21. The van der Waals surface area contributed by atoms with E-state index in [1.54, 1.807) is 12.3 Å². The molecule has 3 N–H and O–H groups in total. The highest BCUT2D eigenvalue weighted by molar-refractivity contribution is 5.08. The molecule has 17 heavy (non-hydrogen) atoms. The largest absolute Gasteiger partial charge is 0.377 e. The lowest BCUT2D eigenvalue weighted by atomic mass is 10.1. The van der Waals surface area contributed by atoms with Crippen molar-refractivity contribution in [3.8, 4) is 0 Å². The number of nitrogens with one attached hydrogen (secondary N) is 2. The summed E-state index contributed by atoms with van der Waals surface area (Å²) in [6.45, 7) is 0.251. The topological polar surface area (TPSA) is 57.2 Å².